The number of piperazine rings is 1. The maximum Gasteiger partial charge on any atom is 0.256 e. The largest absolute Gasteiger partial charge is 0.353 e. The van der Waals surface area contributed by atoms with Gasteiger partial charge in [0.25, 0.3) is 5.91 Å². The highest BCUT2D eigenvalue weighted by molar-refractivity contribution is 5.98. The zero-order chi connectivity index (χ0) is 21.3. The van der Waals surface area contributed by atoms with Crippen LogP contribution in [0.4, 0.5) is 4.39 Å². The van der Waals surface area contributed by atoms with Crippen LogP contribution >= 0.6 is 0 Å². The van der Waals surface area contributed by atoms with Gasteiger partial charge in [0.1, 0.15) is 17.6 Å². The SMILES string of the molecule is CCN1CCN(C(=O)C2COC3(CCC(C)CC3)N2C(=O)c2ccc(F)cc2)CC1. The van der Waals surface area contributed by atoms with Crippen molar-refractivity contribution in [2.45, 2.75) is 51.3 Å². The minimum atomic E-state index is -0.733. The Hall–Kier alpha value is -1.99. The van der Waals surface area contributed by atoms with Crippen molar-refractivity contribution in [2.75, 3.05) is 39.3 Å². The first-order chi connectivity index (χ1) is 14.4. The molecule has 1 spiro atoms. The lowest BCUT2D eigenvalue weighted by Gasteiger charge is -2.44. The first kappa shape index (κ1) is 21.2. The van der Waals surface area contributed by atoms with E-state index in [-0.39, 0.29) is 24.2 Å². The molecule has 1 atom stereocenters. The Morgan fingerprint density at radius 1 is 1.10 bits per heavy atom. The van der Waals surface area contributed by atoms with Crippen LogP contribution in [0.5, 0.6) is 0 Å². The second-order valence-electron chi connectivity index (χ2n) is 8.90. The molecule has 2 heterocycles. The molecule has 1 saturated carbocycles. The molecule has 1 aromatic carbocycles. The summed E-state index contributed by atoms with van der Waals surface area (Å²) in [7, 11) is 0. The predicted octanol–water partition coefficient (Wildman–Crippen LogP) is 2.74. The summed E-state index contributed by atoms with van der Waals surface area (Å²) in [6.07, 6.45) is 3.38. The number of rotatable bonds is 3. The van der Waals surface area contributed by atoms with E-state index in [1.807, 2.05) is 4.90 Å². The molecular formula is C23H32FN3O3. The van der Waals surface area contributed by atoms with Crippen LogP contribution in [0.1, 0.15) is 49.9 Å². The third-order valence-electron chi connectivity index (χ3n) is 7.04. The van der Waals surface area contributed by atoms with Crippen LogP contribution in [0.2, 0.25) is 0 Å². The second kappa shape index (κ2) is 8.63. The maximum atomic E-state index is 13.6. The quantitative estimate of drug-likeness (QED) is 0.759. The number of hydrogen-bond donors (Lipinski definition) is 0. The number of nitrogens with zero attached hydrogens (tertiary/aromatic N) is 3. The summed E-state index contributed by atoms with van der Waals surface area (Å²) in [5.41, 5.74) is -0.336. The van der Waals surface area contributed by atoms with Crippen LogP contribution in [0, 0.1) is 11.7 Å². The summed E-state index contributed by atoms with van der Waals surface area (Å²) in [5, 5.41) is 0. The molecule has 2 amide bonds. The van der Waals surface area contributed by atoms with Gasteiger partial charge in [-0.05, 0) is 62.4 Å². The van der Waals surface area contributed by atoms with Gasteiger partial charge in [-0.3, -0.25) is 14.5 Å². The number of ether oxygens (including phenoxy) is 1. The number of amides is 2. The molecule has 2 saturated heterocycles. The van der Waals surface area contributed by atoms with Gasteiger partial charge in [-0.25, -0.2) is 4.39 Å². The highest BCUT2D eigenvalue weighted by Gasteiger charge is 2.54. The van der Waals surface area contributed by atoms with Gasteiger partial charge in [-0.1, -0.05) is 13.8 Å². The van der Waals surface area contributed by atoms with Gasteiger partial charge in [0, 0.05) is 31.7 Å². The topological polar surface area (TPSA) is 53.1 Å². The van der Waals surface area contributed by atoms with Crippen molar-refractivity contribution in [3.05, 3.63) is 35.6 Å². The zero-order valence-corrected chi connectivity index (χ0v) is 18.0. The van der Waals surface area contributed by atoms with E-state index in [0.717, 1.165) is 45.3 Å². The first-order valence-electron chi connectivity index (χ1n) is 11.2. The van der Waals surface area contributed by atoms with Crippen molar-refractivity contribution in [1.82, 2.24) is 14.7 Å². The fourth-order valence-electron chi connectivity index (χ4n) is 5.00. The maximum absolute atomic E-state index is 13.6. The molecule has 7 heteroatoms. The van der Waals surface area contributed by atoms with Gasteiger partial charge >= 0.3 is 0 Å². The van der Waals surface area contributed by atoms with Gasteiger partial charge < -0.3 is 14.5 Å². The van der Waals surface area contributed by atoms with Crippen LogP contribution in [-0.2, 0) is 9.53 Å². The smallest absolute Gasteiger partial charge is 0.256 e. The molecule has 1 aliphatic carbocycles. The van der Waals surface area contributed by atoms with Crippen molar-refractivity contribution >= 4 is 11.8 Å². The van der Waals surface area contributed by atoms with Crippen molar-refractivity contribution in [2.24, 2.45) is 5.92 Å². The van der Waals surface area contributed by atoms with Crippen molar-refractivity contribution in [3.8, 4) is 0 Å². The lowest BCUT2D eigenvalue weighted by molar-refractivity contribution is -0.139. The van der Waals surface area contributed by atoms with Gasteiger partial charge in [-0.15, -0.1) is 0 Å². The fourth-order valence-corrected chi connectivity index (χ4v) is 5.00. The summed E-state index contributed by atoms with van der Waals surface area (Å²) < 4.78 is 19.7. The number of likely N-dealkylation sites (N-methyl/N-ethyl adjacent to an activating group) is 1. The van der Waals surface area contributed by atoms with Crippen LogP contribution in [0.25, 0.3) is 0 Å². The minimum absolute atomic E-state index is 0.0308. The van der Waals surface area contributed by atoms with Crippen molar-refractivity contribution in [3.63, 3.8) is 0 Å². The Morgan fingerprint density at radius 3 is 2.33 bits per heavy atom. The van der Waals surface area contributed by atoms with Gasteiger partial charge in [0.05, 0.1) is 6.61 Å². The summed E-state index contributed by atoms with van der Waals surface area (Å²) in [5.74, 6) is -0.0740. The number of carbonyl (C=O) groups excluding carboxylic acids is 2. The molecule has 3 aliphatic rings. The van der Waals surface area contributed by atoms with E-state index in [0.29, 0.717) is 24.6 Å². The normalized spacial score (nSPS) is 30.1. The van der Waals surface area contributed by atoms with Crippen LogP contribution in [0.3, 0.4) is 0 Å². The van der Waals surface area contributed by atoms with Crippen molar-refractivity contribution in [1.29, 1.82) is 0 Å². The monoisotopic (exact) mass is 417 g/mol. The third-order valence-corrected chi connectivity index (χ3v) is 7.04. The molecule has 1 aromatic rings. The standard InChI is InChI=1S/C23H32FN3O3/c1-3-25-12-14-26(15-13-25)22(29)20-16-30-23(10-8-17(2)9-11-23)27(20)21(28)18-4-6-19(24)7-5-18/h4-7,17,20H,3,8-16H2,1-2H3. The summed E-state index contributed by atoms with van der Waals surface area (Å²) in [4.78, 5) is 32.9. The molecule has 0 N–H and O–H groups in total. The lowest BCUT2D eigenvalue weighted by atomic mass is 9.83. The van der Waals surface area contributed by atoms with Crippen LogP contribution in [-0.4, -0.2) is 77.6 Å². The Bertz CT molecular complexity index is 768. The molecule has 3 fully saturated rings. The van der Waals surface area contributed by atoms with Gasteiger partial charge in [-0.2, -0.15) is 0 Å². The zero-order valence-electron chi connectivity index (χ0n) is 18.0. The van der Waals surface area contributed by atoms with E-state index in [4.69, 9.17) is 4.74 Å². The third kappa shape index (κ3) is 3.97. The minimum Gasteiger partial charge on any atom is -0.353 e. The van der Waals surface area contributed by atoms with E-state index in [1.54, 1.807) is 4.90 Å². The summed E-state index contributed by atoms with van der Waals surface area (Å²) in [6.45, 7) is 8.59. The fraction of sp³-hybridized carbons (Fsp3) is 0.652. The van der Waals surface area contributed by atoms with E-state index in [1.165, 1.54) is 24.3 Å². The number of benzene rings is 1. The van der Waals surface area contributed by atoms with Gasteiger partial charge in [0.2, 0.25) is 5.91 Å². The number of halogens is 1. The molecule has 30 heavy (non-hydrogen) atoms. The first-order valence-corrected chi connectivity index (χ1v) is 11.2. The highest BCUT2D eigenvalue weighted by Crippen LogP contribution is 2.43. The highest BCUT2D eigenvalue weighted by atomic mass is 19.1. The predicted molar refractivity (Wildman–Crippen MR) is 111 cm³/mol. The Balaban J connectivity index is 1.59. The van der Waals surface area contributed by atoms with Crippen molar-refractivity contribution < 1.29 is 18.7 Å². The second-order valence-corrected chi connectivity index (χ2v) is 8.90. The molecule has 2 aliphatic heterocycles. The van der Waals surface area contributed by atoms with E-state index >= 15 is 0 Å². The molecule has 0 radical (unpaired) electrons. The molecular weight excluding hydrogens is 385 g/mol. The number of hydrogen-bond acceptors (Lipinski definition) is 4. The Kier molecular flexibility index (Phi) is 6.11. The Morgan fingerprint density at radius 2 is 1.73 bits per heavy atom. The molecule has 0 aromatic heterocycles. The molecule has 1 unspecified atom stereocenters. The summed E-state index contributed by atoms with van der Waals surface area (Å²) >= 11 is 0. The Labute approximate surface area is 177 Å². The average molecular weight is 418 g/mol. The van der Waals surface area contributed by atoms with Crippen LogP contribution < -0.4 is 0 Å². The van der Waals surface area contributed by atoms with E-state index < -0.39 is 11.8 Å². The van der Waals surface area contributed by atoms with Gasteiger partial charge in [0.15, 0.2) is 0 Å². The van der Waals surface area contributed by atoms with E-state index in [2.05, 4.69) is 18.7 Å². The molecule has 0 bridgehead atoms. The molecule has 164 valence electrons. The lowest BCUT2D eigenvalue weighted by Crippen LogP contribution is -2.59. The summed E-state index contributed by atoms with van der Waals surface area (Å²) in [6, 6.07) is 4.96. The molecule has 4 rings (SSSR count). The van der Waals surface area contributed by atoms with Crippen LogP contribution in [0.15, 0.2) is 24.3 Å². The number of carbonyl (C=O) groups is 2. The van der Waals surface area contributed by atoms with E-state index in [9.17, 15) is 14.0 Å². The molecule has 6 nitrogen and oxygen atoms in total. The average Bonchev–Trinajstić information content (AvgIpc) is 3.14.